The number of hydrogen-bond donors (Lipinski definition) is 1. The fraction of sp³-hybridized carbons (Fsp3) is 0.750. The van der Waals surface area contributed by atoms with E-state index in [0.29, 0.717) is 0 Å². The Morgan fingerprint density at radius 2 is 1.68 bits per heavy atom. The molecule has 1 aliphatic heterocycles. The van der Waals surface area contributed by atoms with Crippen LogP contribution in [-0.2, 0) is 19.1 Å². The number of hydrogen-bond acceptors (Lipinski definition) is 5. The molecule has 19 heavy (non-hydrogen) atoms. The van der Waals surface area contributed by atoms with Crippen molar-refractivity contribution in [2.75, 3.05) is 20.2 Å². The molecular formula is C12H19NO6. The third-order valence-corrected chi connectivity index (χ3v) is 2.79. The zero-order valence-electron chi connectivity index (χ0n) is 11.5. The van der Waals surface area contributed by atoms with Crippen LogP contribution in [-0.4, -0.2) is 53.8 Å². The highest BCUT2D eigenvalue weighted by Crippen LogP contribution is 2.26. The van der Waals surface area contributed by atoms with Gasteiger partial charge in [0, 0.05) is 13.1 Å². The van der Waals surface area contributed by atoms with Gasteiger partial charge < -0.3 is 19.5 Å². The van der Waals surface area contributed by atoms with Crippen molar-refractivity contribution in [2.45, 2.75) is 26.4 Å². The normalized spacial score (nSPS) is 23.1. The van der Waals surface area contributed by atoms with Gasteiger partial charge in [0.25, 0.3) is 0 Å². The molecule has 0 radical (unpaired) electrons. The van der Waals surface area contributed by atoms with Gasteiger partial charge in [-0.3, -0.25) is 9.59 Å². The number of carboxylic acids is 1. The Hall–Kier alpha value is -1.79. The van der Waals surface area contributed by atoms with Crippen LogP contribution < -0.4 is 0 Å². The average Bonchev–Trinajstić information content (AvgIpc) is 2.70. The summed E-state index contributed by atoms with van der Waals surface area (Å²) in [6.45, 7) is 5.09. The van der Waals surface area contributed by atoms with Crippen LogP contribution >= 0.6 is 0 Å². The molecule has 1 unspecified atom stereocenters. The van der Waals surface area contributed by atoms with Crippen LogP contribution in [0, 0.1) is 11.8 Å². The number of rotatable bonds is 2. The van der Waals surface area contributed by atoms with Gasteiger partial charge in [-0.25, -0.2) is 4.79 Å². The maximum atomic E-state index is 11.8. The van der Waals surface area contributed by atoms with Crippen LogP contribution in [0.1, 0.15) is 20.8 Å². The van der Waals surface area contributed by atoms with E-state index in [9.17, 15) is 14.4 Å². The molecule has 1 N–H and O–H groups in total. The predicted octanol–water partition coefficient (Wildman–Crippen LogP) is 0.727. The molecule has 1 rings (SSSR count). The highest BCUT2D eigenvalue weighted by molar-refractivity contribution is 5.84. The molecule has 1 saturated heterocycles. The first kappa shape index (κ1) is 15.3. The van der Waals surface area contributed by atoms with Gasteiger partial charge in [-0.15, -0.1) is 0 Å². The van der Waals surface area contributed by atoms with E-state index in [1.165, 1.54) is 12.0 Å². The van der Waals surface area contributed by atoms with Crippen LogP contribution in [0.25, 0.3) is 0 Å². The summed E-state index contributed by atoms with van der Waals surface area (Å²) in [6.07, 6.45) is -0.620. The highest BCUT2D eigenvalue weighted by atomic mass is 16.6. The van der Waals surface area contributed by atoms with E-state index >= 15 is 0 Å². The Balaban J connectivity index is 2.78. The summed E-state index contributed by atoms with van der Waals surface area (Å²) in [7, 11) is 1.19. The third kappa shape index (κ3) is 3.84. The summed E-state index contributed by atoms with van der Waals surface area (Å²) in [6, 6.07) is 0. The lowest BCUT2D eigenvalue weighted by atomic mass is 9.97. The minimum atomic E-state index is -1.12. The Kier molecular flexibility index (Phi) is 4.39. The molecule has 0 aromatic rings. The van der Waals surface area contributed by atoms with Crippen LogP contribution in [0.3, 0.4) is 0 Å². The number of likely N-dealkylation sites (tertiary alicyclic amines) is 1. The third-order valence-electron chi connectivity index (χ3n) is 2.79. The first-order valence-corrected chi connectivity index (χ1v) is 5.94. The van der Waals surface area contributed by atoms with Crippen molar-refractivity contribution >= 4 is 18.0 Å². The number of amides is 1. The van der Waals surface area contributed by atoms with Gasteiger partial charge in [0.1, 0.15) is 5.60 Å². The van der Waals surface area contributed by atoms with Crippen molar-refractivity contribution in [3.63, 3.8) is 0 Å². The number of esters is 1. The van der Waals surface area contributed by atoms with Gasteiger partial charge in [0.2, 0.25) is 0 Å². The summed E-state index contributed by atoms with van der Waals surface area (Å²) < 4.78 is 9.72. The summed E-state index contributed by atoms with van der Waals surface area (Å²) >= 11 is 0. The number of ether oxygens (including phenoxy) is 2. The molecule has 7 nitrogen and oxygen atoms in total. The topological polar surface area (TPSA) is 93.1 Å². The molecule has 7 heteroatoms. The van der Waals surface area contributed by atoms with Crippen LogP contribution in [0.15, 0.2) is 0 Å². The van der Waals surface area contributed by atoms with E-state index in [0.717, 1.165) is 0 Å². The van der Waals surface area contributed by atoms with E-state index in [1.807, 2.05) is 0 Å². The van der Waals surface area contributed by atoms with Crippen molar-refractivity contribution in [3.8, 4) is 0 Å². The molecule has 1 aliphatic rings. The molecule has 0 bridgehead atoms. The fourth-order valence-electron chi connectivity index (χ4n) is 1.92. The quantitative estimate of drug-likeness (QED) is 0.745. The molecule has 0 aromatic heterocycles. The van der Waals surface area contributed by atoms with E-state index in [2.05, 4.69) is 4.74 Å². The molecule has 0 saturated carbocycles. The van der Waals surface area contributed by atoms with Crippen LogP contribution in [0.2, 0.25) is 0 Å². The van der Waals surface area contributed by atoms with Crippen molar-refractivity contribution < 1.29 is 29.0 Å². The lowest BCUT2D eigenvalue weighted by Gasteiger charge is -2.24. The predicted molar refractivity (Wildman–Crippen MR) is 64.4 cm³/mol. The number of aliphatic carboxylic acids is 1. The Labute approximate surface area is 111 Å². The molecule has 0 aromatic carbocycles. The average molecular weight is 273 g/mol. The van der Waals surface area contributed by atoms with Crippen molar-refractivity contribution in [1.82, 2.24) is 4.90 Å². The number of methoxy groups -OCH3 is 1. The van der Waals surface area contributed by atoms with Gasteiger partial charge >= 0.3 is 18.0 Å². The van der Waals surface area contributed by atoms with E-state index in [1.54, 1.807) is 20.8 Å². The minimum absolute atomic E-state index is 0.00144. The van der Waals surface area contributed by atoms with Gasteiger partial charge in [-0.1, -0.05) is 0 Å². The van der Waals surface area contributed by atoms with Gasteiger partial charge in [0.15, 0.2) is 0 Å². The Morgan fingerprint density at radius 3 is 2.11 bits per heavy atom. The molecule has 2 atom stereocenters. The molecule has 1 fully saturated rings. The zero-order valence-corrected chi connectivity index (χ0v) is 11.5. The lowest BCUT2D eigenvalue weighted by Crippen LogP contribution is -2.36. The summed E-state index contributed by atoms with van der Waals surface area (Å²) in [5.41, 5.74) is -0.668. The fourth-order valence-corrected chi connectivity index (χ4v) is 1.92. The summed E-state index contributed by atoms with van der Waals surface area (Å²) in [4.78, 5) is 35.7. The lowest BCUT2D eigenvalue weighted by molar-refractivity contribution is -0.153. The monoisotopic (exact) mass is 273 g/mol. The smallest absolute Gasteiger partial charge is 0.410 e. The number of nitrogens with zero attached hydrogens (tertiary/aromatic N) is 1. The first-order valence-electron chi connectivity index (χ1n) is 5.94. The number of carbonyl (C=O) groups excluding carboxylic acids is 2. The van der Waals surface area contributed by atoms with E-state index in [4.69, 9.17) is 9.84 Å². The maximum absolute atomic E-state index is 11.8. The SMILES string of the molecule is COC(=O)[C@H]1CN(C(=O)OC(C)(C)C)CC1C(=O)O. The number of carbonyl (C=O) groups is 3. The van der Waals surface area contributed by atoms with E-state index in [-0.39, 0.29) is 13.1 Å². The second-order valence-electron chi connectivity index (χ2n) is 5.46. The number of carboxylic acid groups (broad SMARTS) is 1. The molecule has 1 heterocycles. The second-order valence-corrected chi connectivity index (χ2v) is 5.46. The molecule has 1 amide bonds. The standard InChI is InChI=1S/C12H19NO6/c1-12(2,3)19-11(17)13-5-7(9(14)15)8(6-13)10(16)18-4/h7-8H,5-6H2,1-4H3,(H,14,15)/t7?,8-/m0/s1. The van der Waals surface area contributed by atoms with E-state index < -0.39 is 35.5 Å². The molecule has 0 aliphatic carbocycles. The van der Waals surface area contributed by atoms with Gasteiger partial charge in [0.05, 0.1) is 18.9 Å². The highest BCUT2D eigenvalue weighted by Gasteiger charge is 2.45. The Morgan fingerprint density at radius 1 is 1.16 bits per heavy atom. The summed E-state index contributed by atoms with van der Waals surface area (Å²) in [5, 5.41) is 9.07. The minimum Gasteiger partial charge on any atom is -0.481 e. The van der Waals surface area contributed by atoms with Crippen LogP contribution in [0.5, 0.6) is 0 Å². The van der Waals surface area contributed by atoms with Crippen LogP contribution in [0.4, 0.5) is 4.79 Å². The van der Waals surface area contributed by atoms with Gasteiger partial charge in [-0.05, 0) is 20.8 Å². The van der Waals surface area contributed by atoms with Crippen molar-refractivity contribution in [1.29, 1.82) is 0 Å². The van der Waals surface area contributed by atoms with Gasteiger partial charge in [-0.2, -0.15) is 0 Å². The summed E-state index contributed by atoms with van der Waals surface area (Å²) in [5.74, 6) is -3.56. The maximum Gasteiger partial charge on any atom is 0.410 e. The zero-order chi connectivity index (χ0) is 14.8. The largest absolute Gasteiger partial charge is 0.481 e. The second kappa shape index (κ2) is 5.46. The first-order chi connectivity index (χ1) is 8.65. The van der Waals surface area contributed by atoms with Crippen molar-refractivity contribution in [3.05, 3.63) is 0 Å². The molecule has 0 spiro atoms. The Bertz CT molecular complexity index is 386. The molecule has 108 valence electrons. The molecular weight excluding hydrogens is 254 g/mol. The van der Waals surface area contributed by atoms with Crippen molar-refractivity contribution in [2.24, 2.45) is 11.8 Å².